The van der Waals surface area contributed by atoms with E-state index in [4.69, 9.17) is 0 Å². The molecule has 4 rings (SSSR count). The third kappa shape index (κ3) is 2.48. The SMILES string of the molecule is CCn1c2ccccc2c2nnc(NN=Cc3cc[c]cc3)nc21. The van der Waals surface area contributed by atoms with Crippen LogP contribution in [-0.4, -0.2) is 26.0 Å². The van der Waals surface area contributed by atoms with Gasteiger partial charge in [0.1, 0.15) is 5.52 Å². The average molecular weight is 315 g/mol. The van der Waals surface area contributed by atoms with Gasteiger partial charge in [-0.2, -0.15) is 10.1 Å². The summed E-state index contributed by atoms with van der Waals surface area (Å²) >= 11 is 0. The number of aromatic nitrogens is 4. The summed E-state index contributed by atoms with van der Waals surface area (Å²) in [5.41, 5.74) is 6.53. The first kappa shape index (κ1) is 14.3. The zero-order valence-electron chi connectivity index (χ0n) is 13.1. The smallest absolute Gasteiger partial charge is 0.265 e. The Labute approximate surface area is 138 Å². The van der Waals surface area contributed by atoms with E-state index < -0.39 is 0 Å². The Hall–Kier alpha value is -3.28. The lowest BCUT2D eigenvalue weighted by molar-refractivity contribution is 0.811. The number of hydrogen-bond acceptors (Lipinski definition) is 5. The van der Waals surface area contributed by atoms with Gasteiger partial charge in [0.25, 0.3) is 5.95 Å². The van der Waals surface area contributed by atoms with Crippen LogP contribution in [0.1, 0.15) is 12.5 Å². The van der Waals surface area contributed by atoms with Crippen LogP contribution in [0.5, 0.6) is 0 Å². The van der Waals surface area contributed by atoms with Crippen molar-refractivity contribution in [3.63, 3.8) is 0 Å². The average Bonchev–Trinajstić information content (AvgIpc) is 2.95. The monoisotopic (exact) mass is 315 g/mol. The van der Waals surface area contributed by atoms with Gasteiger partial charge in [-0.25, -0.2) is 5.43 Å². The van der Waals surface area contributed by atoms with Crippen molar-refractivity contribution in [3.05, 3.63) is 60.2 Å². The number of hydrazone groups is 1. The van der Waals surface area contributed by atoms with Crippen LogP contribution < -0.4 is 5.43 Å². The summed E-state index contributed by atoms with van der Waals surface area (Å²) in [6.07, 6.45) is 1.71. The zero-order chi connectivity index (χ0) is 16.4. The van der Waals surface area contributed by atoms with Crippen molar-refractivity contribution in [3.8, 4) is 0 Å². The number of hydrogen-bond donors (Lipinski definition) is 1. The Kier molecular flexibility index (Phi) is 3.63. The molecule has 117 valence electrons. The van der Waals surface area contributed by atoms with E-state index in [0.29, 0.717) is 5.95 Å². The number of benzene rings is 2. The second-order valence-corrected chi connectivity index (χ2v) is 5.27. The van der Waals surface area contributed by atoms with Crippen molar-refractivity contribution in [2.24, 2.45) is 5.10 Å². The summed E-state index contributed by atoms with van der Waals surface area (Å²) in [4.78, 5) is 4.57. The third-order valence-corrected chi connectivity index (χ3v) is 3.81. The van der Waals surface area contributed by atoms with Crippen LogP contribution >= 0.6 is 0 Å². The lowest BCUT2D eigenvalue weighted by atomic mass is 10.2. The van der Waals surface area contributed by atoms with Crippen molar-refractivity contribution in [2.75, 3.05) is 5.43 Å². The van der Waals surface area contributed by atoms with Crippen molar-refractivity contribution in [1.82, 2.24) is 19.7 Å². The molecule has 0 saturated carbocycles. The highest BCUT2D eigenvalue weighted by Crippen LogP contribution is 2.25. The fraction of sp³-hybridized carbons (Fsp3) is 0.111. The maximum atomic E-state index is 4.57. The van der Waals surface area contributed by atoms with E-state index in [-0.39, 0.29) is 0 Å². The first-order valence-corrected chi connectivity index (χ1v) is 7.73. The van der Waals surface area contributed by atoms with E-state index in [0.717, 1.165) is 34.2 Å². The molecule has 0 atom stereocenters. The van der Waals surface area contributed by atoms with Gasteiger partial charge in [-0.15, -0.1) is 10.2 Å². The molecule has 24 heavy (non-hydrogen) atoms. The predicted molar refractivity (Wildman–Crippen MR) is 95.0 cm³/mol. The molecule has 2 aromatic carbocycles. The van der Waals surface area contributed by atoms with E-state index in [1.165, 1.54) is 0 Å². The van der Waals surface area contributed by atoms with E-state index in [2.05, 4.69) is 49.3 Å². The molecule has 6 nitrogen and oxygen atoms in total. The molecule has 4 aromatic rings. The number of para-hydroxylation sites is 1. The summed E-state index contributed by atoms with van der Waals surface area (Å²) in [5, 5.41) is 13.7. The molecule has 2 aromatic heterocycles. The van der Waals surface area contributed by atoms with E-state index in [9.17, 15) is 0 Å². The summed E-state index contributed by atoms with van der Waals surface area (Å²) in [6.45, 7) is 2.90. The van der Waals surface area contributed by atoms with Crippen LogP contribution in [0.2, 0.25) is 0 Å². The molecule has 0 amide bonds. The quantitative estimate of drug-likeness (QED) is 0.464. The Morgan fingerprint density at radius 3 is 2.83 bits per heavy atom. The van der Waals surface area contributed by atoms with Crippen LogP contribution in [0, 0.1) is 6.07 Å². The maximum absolute atomic E-state index is 4.57. The Balaban J connectivity index is 1.70. The van der Waals surface area contributed by atoms with Crippen LogP contribution in [0.15, 0.2) is 53.6 Å². The number of fused-ring (bicyclic) bond motifs is 3. The maximum Gasteiger partial charge on any atom is 0.265 e. The van der Waals surface area contributed by atoms with Crippen LogP contribution in [0.3, 0.4) is 0 Å². The number of nitrogens with one attached hydrogen (secondary N) is 1. The number of rotatable bonds is 4. The molecule has 0 bridgehead atoms. The molecule has 0 spiro atoms. The molecule has 0 aliphatic heterocycles. The number of anilines is 1. The second-order valence-electron chi connectivity index (χ2n) is 5.27. The van der Waals surface area contributed by atoms with Crippen molar-refractivity contribution in [2.45, 2.75) is 13.5 Å². The van der Waals surface area contributed by atoms with E-state index >= 15 is 0 Å². The molecule has 2 heterocycles. The van der Waals surface area contributed by atoms with E-state index in [1.54, 1.807) is 6.21 Å². The van der Waals surface area contributed by atoms with Crippen LogP contribution in [0.25, 0.3) is 22.1 Å². The van der Waals surface area contributed by atoms with Gasteiger partial charge in [-0.3, -0.25) is 0 Å². The standard InChI is InChI=1S/C18H15N6/c1-2-24-15-11-7-6-10-14(15)16-17(24)20-18(23-21-16)22-19-12-13-8-4-3-5-9-13/h4-12H,2H2,1H3,(H,20,22,23). The Morgan fingerprint density at radius 2 is 2.00 bits per heavy atom. The molecule has 0 aliphatic carbocycles. The number of nitrogens with zero attached hydrogens (tertiary/aromatic N) is 5. The fourth-order valence-electron chi connectivity index (χ4n) is 2.72. The van der Waals surface area contributed by atoms with Gasteiger partial charge in [-0.1, -0.05) is 42.5 Å². The summed E-state index contributed by atoms with van der Waals surface area (Å²) in [5.74, 6) is 0.374. The highest BCUT2D eigenvalue weighted by molar-refractivity contribution is 6.04. The molecule has 1 radical (unpaired) electrons. The highest BCUT2D eigenvalue weighted by atomic mass is 15.4. The summed E-state index contributed by atoms with van der Waals surface area (Å²) in [6, 6.07) is 18.6. The largest absolute Gasteiger partial charge is 0.324 e. The van der Waals surface area contributed by atoms with Gasteiger partial charge in [0.15, 0.2) is 5.65 Å². The first-order chi connectivity index (χ1) is 11.9. The molecule has 0 aliphatic rings. The van der Waals surface area contributed by atoms with E-state index in [1.807, 2.05) is 42.5 Å². The van der Waals surface area contributed by atoms with Gasteiger partial charge >= 0.3 is 0 Å². The molecular weight excluding hydrogens is 300 g/mol. The lowest BCUT2D eigenvalue weighted by Gasteiger charge is -2.02. The molecular formula is C18H15N6. The van der Waals surface area contributed by atoms with Gasteiger partial charge in [0.2, 0.25) is 0 Å². The minimum Gasteiger partial charge on any atom is -0.324 e. The van der Waals surface area contributed by atoms with Gasteiger partial charge in [0.05, 0.1) is 11.7 Å². The zero-order valence-corrected chi connectivity index (χ0v) is 13.1. The summed E-state index contributed by atoms with van der Waals surface area (Å²) < 4.78 is 2.13. The minimum absolute atomic E-state index is 0.374. The predicted octanol–water partition coefficient (Wildman–Crippen LogP) is 3.25. The third-order valence-electron chi connectivity index (χ3n) is 3.81. The Bertz CT molecular complexity index is 1020. The first-order valence-electron chi connectivity index (χ1n) is 7.73. The second kappa shape index (κ2) is 6.08. The molecule has 1 N–H and O–H groups in total. The topological polar surface area (TPSA) is 68.0 Å². The molecule has 6 heteroatoms. The lowest BCUT2D eigenvalue weighted by Crippen LogP contribution is -2.02. The summed E-state index contributed by atoms with van der Waals surface area (Å²) in [7, 11) is 0. The fourth-order valence-corrected chi connectivity index (χ4v) is 2.72. The minimum atomic E-state index is 0.374. The van der Waals surface area contributed by atoms with Gasteiger partial charge < -0.3 is 4.57 Å². The van der Waals surface area contributed by atoms with Crippen molar-refractivity contribution < 1.29 is 0 Å². The molecule has 0 unspecified atom stereocenters. The van der Waals surface area contributed by atoms with Crippen molar-refractivity contribution in [1.29, 1.82) is 0 Å². The van der Waals surface area contributed by atoms with Crippen molar-refractivity contribution >= 4 is 34.2 Å². The van der Waals surface area contributed by atoms with Gasteiger partial charge in [-0.05, 0) is 24.6 Å². The van der Waals surface area contributed by atoms with Crippen LogP contribution in [0.4, 0.5) is 5.95 Å². The molecule has 0 fully saturated rings. The van der Waals surface area contributed by atoms with Crippen LogP contribution in [-0.2, 0) is 6.54 Å². The van der Waals surface area contributed by atoms with Gasteiger partial charge in [0, 0.05) is 11.9 Å². The normalized spacial score (nSPS) is 11.5. The number of aryl methyl sites for hydroxylation is 1. The highest BCUT2D eigenvalue weighted by Gasteiger charge is 2.13. The molecule has 0 saturated heterocycles. The Morgan fingerprint density at radius 1 is 1.17 bits per heavy atom.